The van der Waals surface area contributed by atoms with Crippen LogP contribution in [-0.2, 0) is 15.6 Å². The van der Waals surface area contributed by atoms with Gasteiger partial charge in [-0.1, -0.05) is 58.4 Å². The van der Waals surface area contributed by atoms with E-state index in [4.69, 9.17) is 4.74 Å². The lowest BCUT2D eigenvalue weighted by Crippen LogP contribution is -2.33. The number of amides is 1. The second-order valence-electron chi connectivity index (χ2n) is 8.23. The predicted octanol–water partition coefficient (Wildman–Crippen LogP) is 4.49. The molecule has 1 aliphatic carbocycles. The van der Waals surface area contributed by atoms with Crippen LogP contribution in [0.5, 0.6) is 0 Å². The summed E-state index contributed by atoms with van der Waals surface area (Å²) >= 11 is 0. The van der Waals surface area contributed by atoms with Gasteiger partial charge in [-0.3, -0.25) is 0 Å². The van der Waals surface area contributed by atoms with Crippen molar-refractivity contribution >= 4 is 6.09 Å². The van der Waals surface area contributed by atoms with E-state index in [2.05, 4.69) is 52.0 Å². The van der Waals surface area contributed by atoms with E-state index in [1.54, 1.807) is 0 Å². The Balaban J connectivity index is 1.65. The standard InChI is InChI=1S/C20H29NO2/c1-5-6-11-23-18(22)21-13-17-12-20(17,14-21)16-9-7-15(8-10-16)19(2,3)4/h7-10,17H,5-6,11-14H2,1-4H3. The highest BCUT2D eigenvalue weighted by Crippen LogP contribution is 2.59. The van der Waals surface area contributed by atoms with Crippen molar-refractivity contribution in [1.82, 2.24) is 4.90 Å². The number of nitrogens with zero attached hydrogens (tertiary/aromatic N) is 1. The molecule has 3 nitrogen and oxygen atoms in total. The number of unbranched alkanes of at least 4 members (excludes halogenated alkanes) is 1. The van der Waals surface area contributed by atoms with E-state index in [-0.39, 0.29) is 16.9 Å². The Bertz CT molecular complexity index is 572. The highest BCUT2D eigenvalue weighted by atomic mass is 16.6. The van der Waals surface area contributed by atoms with E-state index >= 15 is 0 Å². The zero-order chi connectivity index (χ0) is 16.7. The molecule has 126 valence electrons. The molecule has 2 unspecified atom stereocenters. The van der Waals surface area contributed by atoms with E-state index in [0.29, 0.717) is 12.5 Å². The summed E-state index contributed by atoms with van der Waals surface area (Å²) in [6.45, 7) is 11.0. The van der Waals surface area contributed by atoms with Crippen LogP contribution in [0.25, 0.3) is 0 Å². The van der Waals surface area contributed by atoms with Gasteiger partial charge in [0.25, 0.3) is 0 Å². The van der Waals surface area contributed by atoms with E-state index in [1.807, 2.05) is 4.90 Å². The summed E-state index contributed by atoms with van der Waals surface area (Å²) in [7, 11) is 0. The lowest BCUT2D eigenvalue weighted by atomic mass is 9.85. The van der Waals surface area contributed by atoms with Gasteiger partial charge in [-0.25, -0.2) is 4.79 Å². The number of rotatable bonds is 4. The maximum atomic E-state index is 12.1. The molecule has 1 aliphatic heterocycles. The molecular formula is C20H29NO2. The zero-order valence-electron chi connectivity index (χ0n) is 14.9. The van der Waals surface area contributed by atoms with Gasteiger partial charge < -0.3 is 9.64 Å². The normalized spacial score (nSPS) is 26.1. The van der Waals surface area contributed by atoms with Gasteiger partial charge in [0.1, 0.15) is 0 Å². The number of likely N-dealkylation sites (tertiary alicyclic amines) is 1. The monoisotopic (exact) mass is 315 g/mol. The molecule has 3 rings (SSSR count). The first-order valence-corrected chi connectivity index (χ1v) is 8.89. The maximum absolute atomic E-state index is 12.1. The van der Waals surface area contributed by atoms with Gasteiger partial charge in [-0.15, -0.1) is 0 Å². The molecule has 0 spiro atoms. The Hall–Kier alpha value is -1.51. The van der Waals surface area contributed by atoms with E-state index < -0.39 is 0 Å². The van der Waals surface area contributed by atoms with Crippen LogP contribution in [0.1, 0.15) is 58.1 Å². The average Bonchev–Trinajstić information content (AvgIpc) is 3.08. The summed E-state index contributed by atoms with van der Waals surface area (Å²) in [5.41, 5.74) is 3.13. The van der Waals surface area contributed by atoms with Gasteiger partial charge in [-0.2, -0.15) is 0 Å². The Kier molecular flexibility index (Phi) is 4.16. The first-order chi connectivity index (χ1) is 10.9. The number of carbonyl (C=O) groups is 1. The van der Waals surface area contributed by atoms with Gasteiger partial charge in [-0.05, 0) is 35.3 Å². The number of hydrogen-bond donors (Lipinski definition) is 0. The summed E-state index contributed by atoms with van der Waals surface area (Å²) < 4.78 is 5.37. The molecule has 0 aromatic heterocycles. The first kappa shape index (κ1) is 16.4. The van der Waals surface area contributed by atoms with Crippen LogP contribution in [0.15, 0.2) is 24.3 Å². The minimum Gasteiger partial charge on any atom is -0.449 e. The van der Waals surface area contributed by atoms with E-state index in [9.17, 15) is 4.79 Å². The fourth-order valence-electron chi connectivity index (χ4n) is 3.77. The Labute approximate surface area is 140 Å². The maximum Gasteiger partial charge on any atom is 0.409 e. The van der Waals surface area contributed by atoms with Crippen LogP contribution < -0.4 is 0 Å². The summed E-state index contributed by atoms with van der Waals surface area (Å²) in [6.07, 6.45) is 3.08. The minimum atomic E-state index is -0.128. The van der Waals surface area contributed by atoms with Crippen molar-refractivity contribution in [3.05, 3.63) is 35.4 Å². The number of ether oxygens (including phenoxy) is 1. The van der Waals surface area contributed by atoms with Crippen molar-refractivity contribution in [3.8, 4) is 0 Å². The van der Waals surface area contributed by atoms with Gasteiger partial charge in [0.2, 0.25) is 0 Å². The molecule has 1 saturated heterocycles. The molecule has 3 heteroatoms. The van der Waals surface area contributed by atoms with Gasteiger partial charge in [0, 0.05) is 18.5 Å². The van der Waals surface area contributed by atoms with E-state index in [1.165, 1.54) is 17.5 Å². The van der Waals surface area contributed by atoms with Crippen LogP contribution in [0.3, 0.4) is 0 Å². The molecule has 0 N–H and O–H groups in total. The molecule has 1 heterocycles. The van der Waals surface area contributed by atoms with Crippen molar-refractivity contribution in [3.63, 3.8) is 0 Å². The summed E-state index contributed by atoms with van der Waals surface area (Å²) in [6, 6.07) is 9.04. The van der Waals surface area contributed by atoms with E-state index in [0.717, 1.165) is 25.9 Å². The second kappa shape index (κ2) is 5.85. The Morgan fingerprint density at radius 2 is 2.00 bits per heavy atom. The predicted molar refractivity (Wildman–Crippen MR) is 92.8 cm³/mol. The van der Waals surface area contributed by atoms with Crippen LogP contribution in [0, 0.1) is 5.92 Å². The Morgan fingerprint density at radius 3 is 2.61 bits per heavy atom. The third-order valence-corrected chi connectivity index (χ3v) is 5.45. The molecule has 1 aromatic rings. The zero-order valence-corrected chi connectivity index (χ0v) is 14.9. The molecule has 1 amide bonds. The smallest absolute Gasteiger partial charge is 0.409 e. The van der Waals surface area contributed by atoms with Crippen molar-refractivity contribution in [2.45, 2.75) is 57.8 Å². The van der Waals surface area contributed by atoms with Crippen LogP contribution >= 0.6 is 0 Å². The minimum absolute atomic E-state index is 0.128. The molecule has 0 radical (unpaired) electrons. The number of benzene rings is 1. The van der Waals surface area contributed by atoms with Gasteiger partial charge in [0.05, 0.1) is 6.61 Å². The largest absolute Gasteiger partial charge is 0.449 e. The summed E-state index contributed by atoms with van der Waals surface area (Å²) in [4.78, 5) is 14.1. The Morgan fingerprint density at radius 1 is 1.30 bits per heavy atom. The molecule has 1 saturated carbocycles. The van der Waals surface area contributed by atoms with Crippen LogP contribution in [-0.4, -0.2) is 30.7 Å². The van der Waals surface area contributed by atoms with Gasteiger partial charge in [0.15, 0.2) is 0 Å². The quantitative estimate of drug-likeness (QED) is 0.766. The third-order valence-electron chi connectivity index (χ3n) is 5.45. The third kappa shape index (κ3) is 3.11. The molecule has 2 aliphatic rings. The fraction of sp³-hybridized carbons (Fsp3) is 0.650. The lowest BCUT2D eigenvalue weighted by molar-refractivity contribution is 0.105. The SMILES string of the molecule is CCCCOC(=O)N1CC2CC2(c2ccc(C(C)(C)C)cc2)C1. The average molecular weight is 315 g/mol. The van der Waals surface area contributed by atoms with Crippen molar-refractivity contribution in [2.75, 3.05) is 19.7 Å². The molecule has 0 bridgehead atoms. The van der Waals surface area contributed by atoms with Gasteiger partial charge >= 0.3 is 6.09 Å². The molecule has 23 heavy (non-hydrogen) atoms. The summed E-state index contributed by atoms with van der Waals surface area (Å²) in [5, 5.41) is 0. The van der Waals surface area contributed by atoms with Crippen molar-refractivity contribution in [2.24, 2.45) is 5.92 Å². The molecule has 2 atom stereocenters. The molecule has 1 aromatic carbocycles. The second-order valence-corrected chi connectivity index (χ2v) is 8.23. The molecular weight excluding hydrogens is 286 g/mol. The van der Waals surface area contributed by atoms with Crippen LogP contribution in [0.2, 0.25) is 0 Å². The number of hydrogen-bond acceptors (Lipinski definition) is 2. The number of fused-ring (bicyclic) bond motifs is 1. The fourth-order valence-corrected chi connectivity index (χ4v) is 3.77. The highest BCUT2D eigenvalue weighted by Gasteiger charge is 2.61. The first-order valence-electron chi connectivity index (χ1n) is 8.89. The summed E-state index contributed by atoms with van der Waals surface area (Å²) in [5.74, 6) is 0.613. The van der Waals surface area contributed by atoms with Crippen LogP contribution in [0.4, 0.5) is 4.79 Å². The topological polar surface area (TPSA) is 29.5 Å². The van der Waals surface area contributed by atoms with Crippen molar-refractivity contribution < 1.29 is 9.53 Å². The van der Waals surface area contributed by atoms with Crippen molar-refractivity contribution in [1.29, 1.82) is 0 Å². The number of carbonyl (C=O) groups excluding carboxylic acids is 1. The lowest BCUT2D eigenvalue weighted by Gasteiger charge is -2.23. The highest BCUT2D eigenvalue weighted by molar-refractivity contribution is 5.69. The number of piperidine rings is 1. The molecule has 2 fully saturated rings.